The fourth-order valence-corrected chi connectivity index (χ4v) is 3.62. The van der Waals surface area contributed by atoms with E-state index in [1.807, 2.05) is 0 Å². The minimum absolute atomic E-state index is 0.318. The SMILES string of the molecule is CC1COCCN1CC1(c2ccccc2)CCNCC1. The largest absolute Gasteiger partial charge is 0.379 e. The molecule has 0 saturated carbocycles. The second-order valence-electron chi connectivity index (χ2n) is 6.29. The molecule has 0 aliphatic carbocycles. The fraction of sp³-hybridized carbons (Fsp3) is 0.647. The molecule has 1 N–H and O–H groups in total. The lowest BCUT2D eigenvalue weighted by Crippen LogP contribution is -2.53. The predicted octanol–water partition coefficient (Wildman–Crippen LogP) is 2.03. The van der Waals surface area contributed by atoms with Gasteiger partial charge in [0, 0.05) is 24.5 Å². The average Bonchev–Trinajstić information content (AvgIpc) is 2.52. The third-order valence-electron chi connectivity index (χ3n) is 4.96. The van der Waals surface area contributed by atoms with Gasteiger partial charge in [0.25, 0.3) is 0 Å². The molecule has 20 heavy (non-hydrogen) atoms. The zero-order valence-electron chi connectivity index (χ0n) is 12.5. The van der Waals surface area contributed by atoms with Crippen molar-refractivity contribution in [3.8, 4) is 0 Å². The molecule has 1 aromatic carbocycles. The van der Waals surface area contributed by atoms with Crippen molar-refractivity contribution in [1.29, 1.82) is 0 Å². The summed E-state index contributed by atoms with van der Waals surface area (Å²) >= 11 is 0. The molecule has 110 valence electrons. The fourth-order valence-electron chi connectivity index (χ4n) is 3.62. The van der Waals surface area contributed by atoms with Crippen LogP contribution in [0.25, 0.3) is 0 Å². The summed E-state index contributed by atoms with van der Waals surface area (Å²) in [5.74, 6) is 0. The van der Waals surface area contributed by atoms with E-state index < -0.39 is 0 Å². The summed E-state index contributed by atoms with van der Waals surface area (Å²) in [6, 6.07) is 11.7. The van der Waals surface area contributed by atoms with Gasteiger partial charge in [-0.2, -0.15) is 0 Å². The molecule has 2 fully saturated rings. The summed E-state index contributed by atoms with van der Waals surface area (Å²) in [6.07, 6.45) is 2.47. The normalized spacial score (nSPS) is 27.4. The standard InChI is InChI=1S/C17H26N2O/c1-15-13-20-12-11-19(15)14-17(7-9-18-10-8-17)16-5-3-2-4-6-16/h2-6,15,18H,7-14H2,1H3. The summed E-state index contributed by atoms with van der Waals surface area (Å²) in [6.45, 7) is 8.56. The van der Waals surface area contributed by atoms with Crippen molar-refractivity contribution in [2.45, 2.75) is 31.2 Å². The van der Waals surface area contributed by atoms with Crippen LogP contribution in [-0.2, 0) is 10.2 Å². The number of benzene rings is 1. The highest BCUT2D eigenvalue weighted by molar-refractivity contribution is 5.27. The van der Waals surface area contributed by atoms with Gasteiger partial charge in [-0.3, -0.25) is 4.90 Å². The first-order chi connectivity index (χ1) is 9.80. The van der Waals surface area contributed by atoms with Crippen LogP contribution >= 0.6 is 0 Å². The highest BCUT2D eigenvalue weighted by Gasteiger charge is 2.37. The van der Waals surface area contributed by atoms with Crippen LogP contribution in [0.4, 0.5) is 0 Å². The molecule has 0 bridgehead atoms. The van der Waals surface area contributed by atoms with E-state index in [1.54, 1.807) is 0 Å². The van der Waals surface area contributed by atoms with E-state index in [2.05, 4.69) is 47.5 Å². The molecule has 0 radical (unpaired) electrons. The van der Waals surface area contributed by atoms with Crippen molar-refractivity contribution >= 4 is 0 Å². The minimum atomic E-state index is 0.318. The van der Waals surface area contributed by atoms with Gasteiger partial charge < -0.3 is 10.1 Å². The van der Waals surface area contributed by atoms with Crippen LogP contribution < -0.4 is 5.32 Å². The lowest BCUT2D eigenvalue weighted by Gasteiger charge is -2.45. The van der Waals surface area contributed by atoms with Crippen LogP contribution in [-0.4, -0.2) is 50.3 Å². The highest BCUT2D eigenvalue weighted by atomic mass is 16.5. The third-order valence-corrected chi connectivity index (χ3v) is 4.96. The van der Waals surface area contributed by atoms with Crippen molar-refractivity contribution in [2.75, 3.05) is 39.4 Å². The van der Waals surface area contributed by atoms with E-state index in [0.717, 1.165) is 32.8 Å². The molecule has 1 aromatic rings. The zero-order valence-corrected chi connectivity index (χ0v) is 12.5. The zero-order chi connectivity index (χ0) is 13.8. The second-order valence-corrected chi connectivity index (χ2v) is 6.29. The van der Waals surface area contributed by atoms with E-state index in [4.69, 9.17) is 4.74 Å². The van der Waals surface area contributed by atoms with E-state index in [0.29, 0.717) is 11.5 Å². The predicted molar refractivity (Wildman–Crippen MR) is 82.1 cm³/mol. The summed E-state index contributed by atoms with van der Waals surface area (Å²) < 4.78 is 5.59. The van der Waals surface area contributed by atoms with Gasteiger partial charge in [-0.25, -0.2) is 0 Å². The van der Waals surface area contributed by atoms with Crippen LogP contribution in [0.15, 0.2) is 30.3 Å². The van der Waals surface area contributed by atoms with Gasteiger partial charge in [-0.1, -0.05) is 30.3 Å². The molecule has 2 aliphatic rings. The Bertz CT molecular complexity index is 414. The average molecular weight is 274 g/mol. The van der Waals surface area contributed by atoms with Crippen LogP contribution in [0.1, 0.15) is 25.3 Å². The molecule has 0 spiro atoms. The first-order valence-corrected chi connectivity index (χ1v) is 7.88. The molecular weight excluding hydrogens is 248 g/mol. The molecule has 3 rings (SSSR count). The maximum absolute atomic E-state index is 5.59. The summed E-state index contributed by atoms with van der Waals surface area (Å²) in [4.78, 5) is 2.63. The second kappa shape index (κ2) is 6.25. The van der Waals surface area contributed by atoms with Gasteiger partial charge in [0.15, 0.2) is 0 Å². The lowest BCUT2D eigenvalue weighted by atomic mass is 9.72. The van der Waals surface area contributed by atoms with Crippen LogP contribution in [0.3, 0.4) is 0 Å². The highest BCUT2D eigenvalue weighted by Crippen LogP contribution is 2.35. The molecule has 3 nitrogen and oxygen atoms in total. The van der Waals surface area contributed by atoms with Gasteiger partial charge in [-0.15, -0.1) is 0 Å². The monoisotopic (exact) mass is 274 g/mol. The Kier molecular flexibility index (Phi) is 4.39. The Morgan fingerprint density at radius 3 is 2.70 bits per heavy atom. The van der Waals surface area contributed by atoms with Gasteiger partial charge in [0.05, 0.1) is 13.2 Å². The summed E-state index contributed by atoms with van der Waals surface area (Å²) in [5, 5.41) is 3.51. The number of rotatable bonds is 3. The molecular formula is C17H26N2O. The summed E-state index contributed by atoms with van der Waals surface area (Å²) in [7, 11) is 0. The van der Waals surface area contributed by atoms with Gasteiger partial charge in [0.1, 0.15) is 0 Å². The topological polar surface area (TPSA) is 24.5 Å². The van der Waals surface area contributed by atoms with Gasteiger partial charge >= 0.3 is 0 Å². The first-order valence-electron chi connectivity index (χ1n) is 7.88. The Balaban J connectivity index is 1.82. The molecule has 1 atom stereocenters. The quantitative estimate of drug-likeness (QED) is 0.913. The van der Waals surface area contributed by atoms with Crippen molar-refractivity contribution in [2.24, 2.45) is 0 Å². The molecule has 1 unspecified atom stereocenters. The maximum atomic E-state index is 5.59. The number of piperidine rings is 1. The number of nitrogens with one attached hydrogen (secondary N) is 1. The summed E-state index contributed by atoms with van der Waals surface area (Å²) in [5.41, 5.74) is 1.83. The van der Waals surface area contributed by atoms with E-state index in [-0.39, 0.29) is 0 Å². The molecule has 2 aliphatic heterocycles. The molecule has 0 aromatic heterocycles. The number of hydrogen-bond donors (Lipinski definition) is 1. The van der Waals surface area contributed by atoms with Crippen molar-refractivity contribution in [1.82, 2.24) is 10.2 Å². The number of ether oxygens (including phenoxy) is 1. The molecule has 3 heteroatoms. The Morgan fingerprint density at radius 1 is 1.25 bits per heavy atom. The van der Waals surface area contributed by atoms with Crippen molar-refractivity contribution in [3.63, 3.8) is 0 Å². The van der Waals surface area contributed by atoms with E-state index in [9.17, 15) is 0 Å². The minimum Gasteiger partial charge on any atom is -0.379 e. The van der Waals surface area contributed by atoms with Crippen molar-refractivity contribution < 1.29 is 4.74 Å². The van der Waals surface area contributed by atoms with Gasteiger partial charge in [0.2, 0.25) is 0 Å². The van der Waals surface area contributed by atoms with Gasteiger partial charge in [-0.05, 0) is 38.4 Å². The first kappa shape index (κ1) is 14.1. The van der Waals surface area contributed by atoms with E-state index >= 15 is 0 Å². The lowest BCUT2D eigenvalue weighted by molar-refractivity contribution is -0.0138. The van der Waals surface area contributed by atoms with Crippen LogP contribution in [0.2, 0.25) is 0 Å². The molecule has 2 heterocycles. The molecule has 0 amide bonds. The molecule has 2 saturated heterocycles. The van der Waals surface area contributed by atoms with E-state index in [1.165, 1.54) is 24.9 Å². The number of hydrogen-bond acceptors (Lipinski definition) is 3. The maximum Gasteiger partial charge on any atom is 0.0619 e. The smallest absolute Gasteiger partial charge is 0.0619 e. The Morgan fingerprint density at radius 2 is 2.00 bits per heavy atom. The Hall–Kier alpha value is -0.900. The van der Waals surface area contributed by atoms with Crippen molar-refractivity contribution in [3.05, 3.63) is 35.9 Å². The Labute approximate surface area is 122 Å². The number of nitrogens with zero attached hydrogens (tertiary/aromatic N) is 1. The van der Waals surface area contributed by atoms with Crippen LogP contribution in [0.5, 0.6) is 0 Å². The van der Waals surface area contributed by atoms with Crippen LogP contribution in [0, 0.1) is 0 Å². The third kappa shape index (κ3) is 2.90. The number of morpholine rings is 1.